The van der Waals surface area contributed by atoms with Gasteiger partial charge in [0, 0.05) is 17.3 Å². The molecule has 1 heterocycles. The molecule has 0 radical (unpaired) electrons. The standard InChI is InChI=1S/C20H20FN3O/c21-16-8-6-15(7-9-16)20(10-1-2-11-20)13-22-19(25)17-5-3-4-14-12-23-24-18(14)17/h3-9,12H,1-2,10-11,13H2,(H,22,25)(H,23,24). The largest absolute Gasteiger partial charge is 0.351 e. The molecule has 2 N–H and O–H groups in total. The first-order valence-corrected chi connectivity index (χ1v) is 8.64. The number of hydrogen-bond donors (Lipinski definition) is 2. The molecule has 25 heavy (non-hydrogen) atoms. The molecular weight excluding hydrogens is 317 g/mol. The van der Waals surface area contributed by atoms with Gasteiger partial charge < -0.3 is 5.32 Å². The fourth-order valence-electron chi connectivity index (χ4n) is 3.93. The van der Waals surface area contributed by atoms with Gasteiger partial charge in [-0.25, -0.2) is 4.39 Å². The zero-order chi connectivity index (χ0) is 17.3. The summed E-state index contributed by atoms with van der Waals surface area (Å²) in [6.07, 6.45) is 5.98. The van der Waals surface area contributed by atoms with Gasteiger partial charge in [0.25, 0.3) is 5.91 Å². The smallest absolute Gasteiger partial charge is 0.253 e. The van der Waals surface area contributed by atoms with E-state index in [9.17, 15) is 9.18 Å². The Morgan fingerprint density at radius 3 is 2.68 bits per heavy atom. The molecule has 4 nitrogen and oxygen atoms in total. The number of nitrogens with one attached hydrogen (secondary N) is 2. The van der Waals surface area contributed by atoms with E-state index in [1.807, 2.05) is 24.3 Å². The van der Waals surface area contributed by atoms with Crippen LogP contribution in [-0.2, 0) is 5.41 Å². The molecule has 1 aliphatic carbocycles. The summed E-state index contributed by atoms with van der Waals surface area (Å²) in [6.45, 7) is 0.558. The van der Waals surface area contributed by atoms with Crippen molar-refractivity contribution in [2.24, 2.45) is 0 Å². The Kier molecular flexibility index (Phi) is 3.99. The van der Waals surface area contributed by atoms with Crippen molar-refractivity contribution < 1.29 is 9.18 Å². The maximum Gasteiger partial charge on any atom is 0.253 e. The first kappa shape index (κ1) is 15.8. The van der Waals surface area contributed by atoms with Gasteiger partial charge >= 0.3 is 0 Å². The van der Waals surface area contributed by atoms with Gasteiger partial charge in [-0.15, -0.1) is 0 Å². The third-order valence-corrected chi connectivity index (χ3v) is 5.33. The molecule has 1 fully saturated rings. The van der Waals surface area contributed by atoms with Gasteiger partial charge in [-0.1, -0.05) is 37.1 Å². The number of carbonyl (C=O) groups is 1. The van der Waals surface area contributed by atoms with Crippen LogP contribution < -0.4 is 5.32 Å². The van der Waals surface area contributed by atoms with Crippen LogP contribution in [0.3, 0.4) is 0 Å². The molecule has 1 aliphatic rings. The average Bonchev–Trinajstić information content (AvgIpc) is 3.30. The molecule has 0 atom stereocenters. The monoisotopic (exact) mass is 337 g/mol. The third kappa shape index (κ3) is 2.90. The van der Waals surface area contributed by atoms with Gasteiger partial charge in [0.05, 0.1) is 17.3 Å². The molecule has 5 heteroatoms. The molecule has 128 valence electrons. The van der Waals surface area contributed by atoms with Crippen molar-refractivity contribution in [3.8, 4) is 0 Å². The number of para-hydroxylation sites is 1. The van der Waals surface area contributed by atoms with Crippen LogP contribution in [0, 0.1) is 5.82 Å². The lowest BCUT2D eigenvalue weighted by molar-refractivity contribution is 0.0944. The van der Waals surface area contributed by atoms with Gasteiger partial charge in [-0.3, -0.25) is 9.89 Å². The Balaban J connectivity index is 1.57. The SMILES string of the molecule is O=C(NCC1(c2ccc(F)cc2)CCCC1)c1cccc2cn[nH]c12. The number of nitrogens with zero attached hydrogens (tertiary/aromatic N) is 1. The van der Waals surface area contributed by atoms with Gasteiger partial charge in [-0.05, 0) is 36.6 Å². The van der Waals surface area contributed by atoms with Crippen molar-refractivity contribution in [3.05, 3.63) is 65.6 Å². The van der Waals surface area contributed by atoms with E-state index in [1.165, 1.54) is 12.1 Å². The first-order valence-electron chi connectivity index (χ1n) is 8.64. The van der Waals surface area contributed by atoms with Crippen molar-refractivity contribution in [2.45, 2.75) is 31.1 Å². The summed E-state index contributed by atoms with van der Waals surface area (Å²) in [5, 5.41) is 10.9. The van der Waals surface area contributed by atoms with E-state index in [-0.39, 0.29) is 17.1 Å². The van der Waals surface area contributed by atoms with Crippen LogP contribution in [0.5, 0.6) is 0 Å². The summed E-state index contributed by atoms with van der Waals surface area (Å²) in [4.78, 5) is 12.7. The molecule has 1 amide bonds. The topological polar surface area (TPSA) is 57.8 Å². The summed E-state index contributed by atoms with van der Waals surface area (Å²) in [5.74, 6) is -0.338. The predicted molar refractivity (Wildman–Crippen MR) is 95.0 cm³/mol. The summed E-state index contributed by atoms with van der Waals surface area (Å²) in [5.41, 5.74) is 2.35. The van der Waals surface area contributed by atoms with E-state index in [4.69, 9.17) is 0 Å². The molecule has 1 saturated carbocycles. The van der Waals surface area contributed by atoms with Crippen molar-refractivity contribution >= 4 is 16.8 Å². The second-order valence-corrected chi connectivity index (χ2v) is 6.82. The zero-order valence-electron chi connectivity index (χ0n) is 13.9. The van der Waals surface area contributed by atoms with Crippen LogP contribution in [-0.4, -0.2) is 22.6 Å². The van der Waals surface area contributed by atoms with Crippen LogP contribution >= 0.6 is 0 Å². The molecule has 0 aliphatic heterocycles. The third-order valence-electron chi connectivity index (χ3n) is 5.33. The van der Waals surface area contributed by atoms with Crippen molar-refractivity contribution in [2.75, 3.05) is 6.54 Å². The minimum Gasteiger partial charge on any atom is -0.351 e. The van der Waals surface area contributed by atoms with E-state index in [0.29, 0.717) is 12.1 Å². The highest BCUT2D eigenvalue weighted by atomic mass is 19.1. The molecule has 0 saturated heterocycles. The number of aromatic nitrogens is 2. The van der Waals surface area contributed by atoms with Gasteiger partial charge in [0.2, 0.25) is 0 Å². The van der Waals surface area contributed by atoms with Crippen molar-refractivity contribution in [3.63, 3.8) is 0 Å². The van der Waals surface area contributed by atoms with Crippen LogP contribution in [0.25, 0.3) is 10.9 Å². The lowest BCUT2D eigenvalue weighted by atomic mass is 9.78. The Morgan fingerprint density at radius 2 is 1.92 bits per heavy atom. The molecule has 3 aromatic rings. The highest BCUT2D eigenvalue weighted by Crippen LogP contribution is 2.40. The molecule has 0 bridgehead atoms. The Bertz CT molecular complexity index is 895. The Labute approximate surface area is 145 Å². The van der Waals surface area contributed by atoms with E-state index in [2.05, 4.69) is 15.5 Å². The number of rotatable bonds is 4. The number of carbonyl (C=O) groups excluding carboxylic acids is 1. The molecule has 2 aromatic carbocycles. The highest BCUT2D eigenvalue weighted by molar-refractivity contribution is 6.05. The quantitative estimate of drug-likeness (QED) is 0.757. The number of H-pyrrole nitrogens is 1. The average molecular weight is 337 g/mol. The van der Waals surface area contributed by atoms with E-state index >= 15 is 0 Å². The maximum atomic E-state index is 13.3. The number of aromatic amines is 1. The number of fused-ring (bicyclic) bond motifs is 1. The lowest BCUT2D eigenvalue weighted by Crippen LogP contribution is -2.39. The van der Waals surface area contributed by atoms with E-state index < -0.39 is 0 Å². The molecule has 0 unspecified atom stereocenters. The number of benzene rings is 2. The van der Waals surface area contributed by atoms with Crippen LogP contribution in [0.4, 0.5) is 4.39 Å². The lowest BCUT2D eigenvalue weighted by Gasteiger charge is -2.30. The molecule has 1 aromatic heterocycles. The highest BCUT2D eigenvalue weighted by Gasteiger charge is 2.36. The van der Waals surface area contributed by atoms with E-state index in [1.54, 1.807) is 12.3 Å². The summed E-state index contributed by atoms with van der Waals surface area (Å²) < 4.78 is 13.3. The summed E-state index contributed by atoms with van der Waals surface area (Å²) >= 11 is 0. The first-order chi connectivity index (χ1) is 12.2. The van der Waals surface area contributed by atoms with Crippen LogP contribution in [0.2, 0.25) is 0 Å². The van der Waals surface area contributed by atoms with E-state index in [0.717, 1.165) is 42.1 Å². The second kappa shape index (κ2) is 6.31. The van der Waals surface area contributed by atoms with Gasteiger partial charge in [0.15, 0.2) is 0 Å². The normalized spacial score (nSPS) is 16.2. The van der Waals surface area contributed by atoms with Crippen molar-refractivity contribution in [1.29, 1.82) is 0 Å². The summed E-state index contributed by atoms with van der Waals surface area (Å²) in [6, 6.07) is 12.3. The van der Waals surface area contributed by atoms with Gasteiger partial charge in [0.1, 0.15) is 5.82 Å². The van der Waals surface area contributed by atoms with Crippen LogP contribution in [0.15, 0.2) is 48.7 Å². The fourth-order valence-corrected chi connectivity index (χ4v) is 3.93. The zero-order valence-corrected chi connectivity index (χ0v) is 13.9. The minimum atomic E-state index is -0.230. The van der Waals surface area contributed by atoms with Gasteiger partial charge in [-0.2, -0.15) is 5.10 Å². The fraction of sp³-hybridized carbons (Fsp3) is 0.300. The van der Waals surface area contributed by atoms with Crippen molar-refractivity contribution in [1.82, 2.24) is 15.5 Å². The van der Waals surface area contributed by atoms with Crippen LogP contribution in [0.1, 0.15) is 41.6 Å². The summed E-state index contributed by atoms with van der Waals surface area (Å²) in [7, 11) is 0. The molecule has 4 rings (SSSR count). The number of amides is 1. The Morgan fingerprint density at radius 1 is 1.16 bits per heavy atom. The second-order valence-electron chi connectivity index (χ2n) is 6.82. The maximum absolute atomic E-state index is 13.3. The minimum absolute atomic E-state index is 0.106. The number of hydrogen-bond acceptors (Lipinski definition) is 2. The number of halogens is 1. The molecular formula is C20H20FN3O. The predicted octanol–water partition coefficient (Wildman–Crippen LogP) is 3.94. The Hall–Kier alpha value is -2.69. The molecule has 0 spiro atoms.